The molecule has 3 aromatic rings. The number of carbonyl (C=O) groups is 1. The van der Waals surface area contributed by atoms with E-state index < -0.39 is 12.5 Å². The van der Waals surface area contributed by atoms with Crippen LogP contribution in [0.4, 0.5) is 0 Å². The van der Waals surface area contributed by atoms with Gasteiger partial charge in [-0.3, -0.25) is 19.1 Å². The van der Waals surface area contributed by atoms with Gasteiger partial charge in [-0.15, -0.1) is 11.3 Å². The van der Waals surface area contributed by atoms with Crippen molar-refractivity contribution in [3.63, 3.8) is 0 Å². The Balaban J connectivity index is 2.40. The van der Waals surface area contributed by atoms with E-state index in [9.17, 15) is 9.59 Å². The van der Waals surface area contributed by atoms with Crippen molar-refractivity contribution >= 4 is 27.5 Å². The highest BCUT2D eigenvalue weighted by atomic mass is 32.1. The van der Waals surface area contributed by atoms with Crippen LogP contribution < -0.4 is 5.56 Å². The molecule has 0 fully saturated rings. The summed E-state index contributed by atoms with van der Waals surface area (Å²) in [6.07, 6.45) is 3.17. The van der Waals surface area contributed by atoms with E-state index in [1.54, 1.807) is 24.5 Å². The van der Waals surface area contributed by atoms with Crippen LogP contribution in [0.1, 0.15) is 10.4 Å². The molecule has 0 atom stereocenters. The molecule has 0 saturated heterocycles. The lowest BCUT2D eigenvalue weighted by Crippen LogP contribution is -2.26. The fourth-order valence-electron chi connectivity index (χ4n) is 2.33. The molecule has 0 aliphatic carbocycles. The number of hydrogen-bond acceptors (Lipinski definition) is 5. The summed E-state index contributed by atoms with van der Waals surface area (Å²) in [5.74, 6) is -0.730. The van der Waals surface area contributed by atoms with Gasteiger partial charge in [0.25, 0.3) is 5.56 Å². The zero-order valence-electron chi connectivity index (χ0n) is 12.0. The van der Waals surface area contributed by atoms with Gasteiger partial charge in [0.1, 0.15) is 17.2 Å². The van der Waals surface area contributed by atoms with Crippen LogP contribution in [0.15, 0.2) is 29.3 Å². The maximum atomic E-state index is 12.7. The molecule has 0 bridgehead atoms. The molecule has 22 heavy (non-hydrogen) atoms. The number of hydrogen-bond donors (Lipinski definition) is 1. The van der Waals surface area contributed by atoms with Crippen LogP contribution in [0, 0.1) is 13.8 Å². The van der Waals surface area contributed by atoms with E-state index in [0.29, 0.717) is 21.6 Å². The van der Waals surface area contributed by atoms with Crippen LogP contribution in [-0.2, 0) is 11.3 Å². The third-order valence-corrected chi connectivity index (χ3v) is 4.62. The van der Waals surface area contributed by atoms with Crippen molar-refractivity contribution in [2.75, 3.05) is 0 Å². The Bertz CT molecular complexity index is 929. The molecule has 6 nitrogen and oxygen atoms in total. The minimum Gasteiger partial charge on any atom is -0.480 e. The van der Waals surface area contributed by atoms with Crippen molar-refractivity contribution in [2.24, 2.45) is 0 Å². The Hall–Kier alpha value is -2.54. The number of thiophene rings is 1. The number of fused-ring (bicyclic) bond motifs is 1. The molecule has 0 unspecified atom stereocenters. The summed E-state index contributed by atoms with van der Waals surface area (Å²) >= 11 is 1.44. The van der Waals surface area contributed by atoms with Gasteiger partial charge in [0.2, 0.25) is 0 Å². The summed E-state index contributed by atoms with van der Waals surface area (Å²) in [5, 5.41) is 9.61. The van der Waals surface area contributed by atoms with Gasteiger partial charge in [0.05, 0.1) is 5.39 Å². The van der Waals surface area contributed by atoms with Crippen LogP contribution >= 0.6 is 11.3 Å². The second kappa shape index (κ2) is 5.34. The summed E-state index contributed by atoms with van der Waals surface area (Å²) in [6, 6.07) is 3.42. The molecule has 0 saturated carbocycles. The Morgan fingerprint density at radius 3 is 2.64 bits per heavy atom. The highest BCUT2D eigenvalue weighted by molar-refractivity contribution is 7.18. The highest BCUT2D eigenvalue weighted by Gasteiger charge is 2.18. The average molecular weight is 315 g/mol. The summed E-state index contributed by atoms with van der Waals surface area (Å²) in [4.78, 5) is 34.0. The summed E-state index contributed by atoms with van der Waals surface area (Å²) in [7, 11) is 0. The first-order chi connectivity index (χ1) is 10.5. The maximum absolute atomic E-state index is 12.7. The van der Waals surface area contributed by atoms with Gasteiger partial charge in [-0.05, 0) is 31.5 Å². The van der Waals surface area contributed by atoms with Gasteiger partial charge in [-0.2, -0.15) is 0 Å². The first-order valence-electron chi connectivity index (χ1n) is 6.61. The zero-order chi connectivity index (χ0) is 15.9. The number of aryl methyl sites for hydroxylation is 2. The number of aromatic nitrogens is 3. The molecule has 3 aromatic heterocycles. The van der Waals surface area contributed by atoms with Crippen molar-refractivity contribution in [1.82, 2.24) is 14.5 Å². The molecular weight excluding hydrogens is 302 g/mol. The Morgan fingerprint density at radius 2 is 2.00 bits per heavy atom. The van der Waals surface area contributed by atoms with Crippen molar-refractivity contribution in [1.29, 1.82) is 0 Å². The molecule has 3 rings (SSSR count). The highest BCUT2D eigenvalue weighted by Crippen LogP contribution is 2.28. The molecule has 112 valence electrons. The van der Waals surface area contributed by atoms with E-state index in [-0.39, 0.29) is 5.56 Å². The average Bonchev–Trinajstić information content (AvgIpc) is 2.77. The topological polar surface area (TPSA) is 85.1 Å². The fraction of sp³-hybridized carbons (Fsp3) is 0.200. The van der Waals surface area contributed by atoms with Crippen LogP contribution in [-0.4, -0.2) is 25.6 Å². The summed E-state index contributed by atoms with van der Waals surface area (Å²) in [5.41, 5.74) is 1.21. The predicted octanol–water partition coefficient (Wildman–Crippen LogP) is 2.22. The minimum absolute atomic E-state index is 0.318. The first-order valence-corrected chi connectivity index (χ1v) is 7.43. The normalized spacial score (nSPS) is 11.0. The lowest BCUT2D eigenvalue weighted by atomic mass is 10.2. The van der Waals surface area contributed by atoms with Gasteiger partial charge in [0.15, 0.2) is 0 Å². The van der Waals surface area contributed by atoms with Crippen LogP contribution in [0.25, 0.3) is 21.6 Å². The molecule has 1 N–H and O–H groups in total. The molecule has 3 heterocycles. The van der Waals surface area contributed by atoms with Crippen LogP contribution in [0.5, 0.6) is 0 Å². The quantitative estimate of drug-likeness (QED) is 0.801. The Morgan fingerprint density at radius 1 is 1.32 bits per heavy atom. The first kappa shape index (κ1) is 14.4. The zero-order valence-corrected chi connectivity index (χ0v) is 12.8. The van der Waals surface area contributed by atoms with Crippen molar-refractivity contribution < 1.29 is 9.90 Å². The molecular formula is C15H13N3O3S. The summed E-state index contributed by atoms with van der Waals surface area (Å²) in [6.45, 7) is 3.36. The van der Waals surface area contributed by atoms with Gasteiger partial charge in [0, 0.05) is 22.8 Å². The second-order valence-corrected chi connectivity index (χ2v) is 6.12. The van der Waals surface area contributed by atoms with Crippen LogP contribution in [0.2, 0.25) is 0 Å². The summed E-state index contributed by atoms with van der Waals surface area (Å²) < 4.78 is 1.21. The molecule has 0 aliphatic heterocycles. The SMILES string of the molecule is Cc1sc2nc(-c3ccncc3)n(CC(=O)O)c(=O)c2c1C. The van der Waals surface area contributed by atoms with Crippen molar-refractivity contribution in [3.05, 3.63) is 45.3 Å². The predicted molar refractivity (Wildman–Crippen MR) is 84.2 cm³/mol. The minimum atomic E-state index is -1.08. The number of pyridine rings is 1. The number of nitrogens with zero attached hydrogens (tertiary/aromatic N) is 3. The van der Waals surface area contributed by atoms with E-state index in [1.807, 2.05) is 13.8 Å². The molecule has 0 amide bonds. The smallest absolute Gasteiger partial charge is 0.323 e. The molecule has 0 radical (unpaired) electrons. The maximum Gasteiger partial charge on any atom is 0.323 e. The third-order valence-electron chi connectivity index (χ3n) is 3.52. The number of carboxylic acid groups (broad SMARTS) is 1. The standard InChI is InChI=1S/C15H13N3O3S/c1-8-9(2)22-14-12(8)15(21)18(7-11(19)20)13(17-14)10-3-5-16-6-4-10/h3-6H,7H2,1-2H3,(H,19,20). The Labute approximate surface area is 129 Å². The van der Waals surface area contributed by atoms with E-state index in [0.717, 1.165) is 10.4 Å². The van der Waals surface area contributed by atoms with Gasteiger partial charge in [-0.25, -0.2) is 4.98 Å². The number of aliphatic carboxylic acids is 1. The van der Waals surface area contributed by atoms with Crippen LogP contribution in [0.3, 0.4) is 0 Å². The van der Waals surface area contributed by atoms with Gasteiger partial charge >= 0.3 is 5.97 Å². The largest absolute Gasteiger partial charge is 0.480 e. The number of rotatable bonds is 3. The van der Waals surface area contributed by atoms with E-state index in [4.69, 9.17) is 5.11 Å². The number of carboxylic acids is 1. The van der Waals surface area contributed by atoms with Crippen molar-refractivity contribution in [3.8, 4) is 11.4 Å². The lowest BCUT2D eigenvalue weighted by Gasteiger charge is -2.10. The molecule has 0 aliphatic rings. The molecule has 0 spiro atoms. The monoisotopic (exact) mass is 315 g/mol. The van der Waals surface area contributed by atoms with Crippen molar-refractivity contribution in [2.45, 2.75) is 20.4 Å². The molecule has 0 aromatic carbocycles. The third kappa shape index (κ3) is 2.29. The molecule has 7 heteroatoms. The van der Waals surface area contributed by atoms with E-state index in [2.05, 4.69) is 9.97 Å². The lowest BCUT2D eigenvalue weighted by molar-refractivity contribution is -0.137. The van der Waals surface area contributed by atoms with E-state index >= 15 is 0 Å². The Kier molecular flexibility index (Phi) is 3.50. The van der Waals surface area contributed by atoms with E-state index in [1.165, 1.54) is 15.9 Å². The van der Waals surface area contributed by atoms with Gasteiger partial charge < -0.3 is 5.11 Å². The second-order valence-electron chi connectivity index (χ2n) is 4.92. The van der Waals surface area contributed by atoms with Gasteiger partial charge in [-0.1, -0.05) is 0 Å². The fourth-order valence-corrected chi connectivity index (χ4v) is 3.35.